The first-order chi connectivity index (χ1) is 10.7. The van der Waals surface area contributed by atoms with Gasteiger partial charge in [-0.1, -0.05) is 36.4 Å². The fraction of sp³-hybridized carbons (Fsp3) is 0.118. The summed E-state index contributed by atoms with van der Waals surface area (Å²) < 4.78 is 1.21. The molecule has 3 rings (SSSR count). The van der Waals surface area contributed by atoms with Crippen molar-refractivity contribution < 1.29 is 4.79 Å². The van der Waals surface area contributed by atoms with Gasteiger partial charge in [-0.15, -0.1) is 0 Å². The van der Waals surface area contributed by atoms with Gasteiger partial charge in [-0.3, -0.25) is 9.59 Å². The molecule has 1 heterocycles. The number of hydrogen-bond donors (Lipinski definition) is 1. The van der Waals surface area contributed by atoms with Gasteiger partial charge in [0, 0.05) is 11.1 Å². The lowest BCUT2D eigenvalue weighted by Gasteiger charge is -2.14. The second-order valence-corrected chi connectivity index (χ2v) is 5.01. The molecule has 0 saturated carbocycles. The largest absolute Gasteiger partial charge is 0.324 e. The lowest BCUT2D eigenvalue weighted by atomic mass is 10.2. The number of benzene rings is 2. The Morgan fingerprint density at radius 1 is 1.09 bits per heavy atom. The van der Waals surface area contributed by atoms with Gasteiger partial charge >= 0.3 is 0 Å². The quantitative estimate of drug-likeness (QED) is 0.807. The molecule has 0 fully saturated rings. The number of nitrogens with zero attached hydrogens (tertiary/aromatic N) is 2. The van der Waals surface area contributed by atoms with Crippen molar-refractivity contribution in [3.8, 4) is 0 Å². The van der Waals surface area contributed by atoms with Crippen LogP contribution in [0.1, 0.15) is 13.0 Å². The normalized spacial score (nSPS) is 12.0. The molecule has 0 bridgehead atoms. The maximum atomic E-state index is 12.4. The zero-order chi connectivity index (χ0) is 15.5. The fourth-order valence-electron chi connectivity index (χ4n) is 2.26. The Balaban J connectivity index is 1.92. The van der Waals surface area contributed by atoms with Crippen molar-refractivity contribution in [3.05, 3.63) is 71.1 Å². The highest BCUT2D eigenvalue weighted by molar-refractivity contribution is 5.93. The van der Waals surface area contributed by atoms with Crippen LogP contribution in [0, 0.1) is 0 Å². The van der Waals surface area contributed by atoms with Crippen LogP contribution >= 0.6 is 0 Å². The van der Waals surface area contributed by atoms with Crippen molar-refractivity contribution in [1.29, 1.82) is 0 Å². The van der Waals surface area contributed by atoms with Crippen molar-refractivity contribution in [1.82, 2.24) is 9.78 Å². The van der Waals surface area contributed by atoms with E-state index in [4.69, 9.17) is 0 Å². The van der Waals surface area contributed by atoms with Crippen LogP contribution in [0.15, 0.2) is 65.6 Å². The van der Waals surface area contributed by atoms with E-state index in [9.17, 15) is 9.59 Å². The molecule has 1 N–H and O–H groups in total. The van der Waals surface area contributed by atoms with E-state index in [0.717, 1.165) is 5.39 Å². The summed E-state index contributed by atoms with van der Waals surface area (Å²) in [5.41, 5.74) is 0.419. The molecule has 0 aliphatic carbocycles. The van der Waals surface area contributed by atoms with Gasteiger partial charge in [0.1, 0.15) is 6.04 Å². The lowest BCUT2D eigenvalue weighted by molar-refractivity contribution is -0.119. The summed E-state index contributed by atoms with van der Waals surface area (Å²) in [6.07, 6.45) is 1.60. The van der Waals surface area contributed by atoms with Crippen LogP contribution in [-0.2, 0) is 4.79 Å². The van der Waals surface area contributed by atoms with Crippen LogP contribution < -0.4 is 10.9 Å². The molecule has 0 aliphatic heterocycles. The zero-order valence-corrected chi connectivity index (χ0v) is 12.1. The standard InChI is InChI=1S/C17H15N3O2/c1-12(16(21)19-14-8-3-2-4-9-14)20-17(22)15-10-6-5-7-13(15)11-18-20/h2-12H,1H3,(H,19,21)/t12-/m1/s1. The summed E-state index contributed by atoms with van der Waals surface area (Å²) in [7, 11) is 0. The van der Waals surface area contributed by atoms with Crippen molar-refractivity contribution in [2.45, 2.75) is 13.0 Å². The molecule has 5 heteroatoms. The highest BCUT2D eigenvalue weighted by Crippen LogP contribution is 2.12. The first-order valence-electron chi connectivity index (χ1n) is 6.99. The molecule has 110 valence electrons. The fourth-order valence-corrected chi connectivity index (χ4v) is 2.26. The second-order valence-electron chi connectivity index (χ2n) is 5.01. The average Bonchev–Trinajstić information content (AvgIpc) is 2.56. The maximum Gasteiger partial charge on any atom is 0.275 e. The SMILES string of the molecule is C[C@H](C(=O)Nc1ccccc1)n1ncc2ccccc2c1=O. The number of fused-ring (bicyclic) bond motifs is 1. The third-order valence-electron chi connectivity index (χ3n) is 3.51. The summed E-state index contributed by atoms with van der Waals surface area (Å²) in [4.78, 5) is 24.7. The van der Waals surface area contributed by atoms with Gasteiger partial charge in [-0.05, 0) is 25.1 Å². The molecule has 3 aromatic rings. The second kappa shape index (κ2) is 5.81. The van der Waals surface area contributed by atoms with E-state index < -0.39 is 6.04 Å². The Bertz CT molecular complexity index is 872. The third kappa shape index (κ3) is 2.61. The third-order valence-corrected chi connectivity index (χ3v) is 3.51. The lowest BCUT2D eigenvalue weighted by Crippen LogP contribution is -2.33. The maximum absolute atomic E-state index is 12.4. The number of aromatic nitrogens is 2. The van der Waals surface area contributed by atoms with Crippen LogP contribution in [-0.4, -0.2) is 15.7 Å². The van der Waals surface area contributed by atoms with Gasteiger partial charge in [-0.2, -0.15) is 5.10 Å². The van der Waals surface area contributed by atoms with E-state index in [1.165, 1.54) is 4.68 Å². The molecule has 0 saturated heterocycles. The van der Waals surface area contributed by atoms with E-state index in [1.807, 2.05) is 30.3 Å². The van der Waals surface area contributed by atoms with Crippen molar-refractivity contribution in [2.24, 2.45) is 0 Å². The number of anilines is 1. The number of carbonyl (C=O) groups excluding carboxylic acids is 1. The van der Waals surface area contributed by atoms with Crippen molar-refractivity contribution >= 4 is 22.4 Å². The van der Waals surface area contributed by atoms with Gasteiger partial charge in [0.05, 0.1) is 11.6 Å². The van der Waals surface area contributed by atoms with E-state index in [2.05, 4.69) is 10.4 Å². The summed E-state index contributed by atoms with van der Waals surface area (Å²) in [5, 5.41) is 8.21. The number of rotatable bonds is 3. The van der Waals surface area contributed by atoms with E-state index in [-0.39, 0.29) is 11.5 Å². The molecule has 5 nitrogen and oxygen atoms in total. The zero-order valence-electron chi connectivity index (χ0n) is 12.1. The topological polar surface area (TPSA) is 64.0 Å². The van der Waals surface area contributed by atoms with Gasteiger partial charge in [0.25, 0.3) is 5.56 Å². The first-order valence-corrected chi connectivity index (χ1v) is 6.99. The molecule has 0 spiro atoms. The summed E-state index contributed by atoms with van der Waals surface area (Å²) in [6, 6.07) is 15.6. The van der Waals surface area contributed by atoms with Gasteiger partial charge in [0.15, 0.2) is 0 Å². The Hall–Kier alpha value is -2.95. The highest BCUT2D eigenvalue weighted by atomic mass is 16.2. The Labute approximate surface area is 127 Å². The van der Waals surface area contributed by atoms with E-state index in [0.29, 0.717) is 11.1 Å². The average molecular weight is 293 g/mol. The molecule has 2 aromatic carbocycles. The number of carbonyl (C=O) groups is 1. The molecule has 22 heavy (non-hydrogen) atoms. The van der Waals surface area contributed by atoms with Gasteiger partial charge in [-0.25, -0.2) is 4.68 Å². The molecular weight excluding hydrogens is 278 g/mol. The number of amides is 1. The molecule has 1 amide bonds. The molecule has 0 radical (unpaired) electrons. The summed E-state index contributed by atoms with van der Waals surface area (Å²) in [5.74, 6) is -0.281. The van der Waals surface area contributed by atoms with Crippen LogP contribution in [0.2, 0.25) is 0 Å². The minimum atomic E-state index is -0.697. The summed E-state index contributed by atoms with van der Waals surface area (Å²) >= 11 is 0. The number of nitrogens with one attached hydrogen (secondary N) is 1. The molecule has 1 atom stereocenters. The smallest absolute Gasteiger partial charge is 0.275 e. The Kier molecular flexibility index (Phi) is 3.70. The highest BCUT2D eigenvalue weighted by Gasteiger charge is 2.18. The predicted molar refractivity (Wildman–Crippen MR) is 85.8 cm³/mol. The minimum absolute atomic E-state index is 0.270. The van der Waals surface area contributed by atoms with Crippen LogP contribution in [0.5, 0.6) is 0 Å². The molecule has 0 unspecified atom stereocenters. The predicted octanol–water partition coefficient (Wildman–Crippen LogP) is 2.60. The molecule has 0 aliphatic rings. The van der Waals surface area contributed by atoms with Crippen LogP contribution in [0.25, 0.3) is 10.8 Å². The minimum Gasteiger partial charge on any atom is -0.324 e. The molecule has 1 aromatic heterocycles. The van der Waals surface area contributed by atoms with E-state index >= 15 is 0 Å². The van der Waals surface area contributed by atoms with E-state index in [1.54, 1.807) is 37.4 Å². The monoisotopic (exact) mass is 293 g/mol. The van der Waals surface area contributed by atoms with Crippen LogP contribution in [0.4, 0.5) is 5.69 Å². The number of hydrogen-bond acceptors (Lipinski definition) is 3. The summed E-state index contributed by atoms with van der Waals surface area (Å²) in [6.45, 7) is 1.65. The molecular formula is C17H15N3O2. The Morgan fingerprint density at radius 3 is 2.55 bits per heavy atom. The Morgan fingerprint density at radius 2 is 1.77 bits per heavy atom. The van der Waals surface area contributed by atoms with Crippen molar-refractivity contribution in [3.63, 3.8) is 0 Å². The first kappa shape index (κ1) is 14.0. The van der Waals surface area contributed by atoms with Crippen molar-refractivity contribution in [2.75, 3.05) is 5.32 Å². The van der Waals surface area contributed by atoms with Crippen LogP contribution in [0.3, 0.4) is 0 Å². The number of para-hydroxylation sites is 1. The van der Waals surface area contributed by atoms with Gasteiger partial charge in [0.2, 0.25) is 5.91 Å². The van der Waals surface area contributed by atoms with Gasteiger partial charge < -0.3 is 5.32 Å².